The number of carbonyl (C=O) groups is 1. The first-order valence-corrected chi connectivity index (χ1v) is 11.5. The number of rotatable bonds is 5. The van der Waals surface area contributed by atoms with E-state index in [-0.39, 0.29) is 11.1 Å². The zero-order valence-corrected chi connectivity index (χ0v) is 17.6. The second-order valence-corrected chi connectivity index (χ2v) is 9.30. The second-order valence-electron chi connectivity index (χ2n) is 7.67. The van der Waals surface area contributed by atoms with Crippen molar-refractivity contribution in [2.75, 3.05) is 11.9 Å². The van der Waals surface area contributed by atoms with Crippen molar-refractivity contribution in [1.82, 2.24) is 19.5 Å². The van der Waals surface area contributed by atoms with Gasteiger partial charge in [0, 0.05) is 35.6 Å². The van der Waals surface area contributed by atoms with Crippen molar-refractivity contribution >= 4 is 21.7 Å². The van der Waals surface area contributed by atoms with Gasteiger partial charge in [0.1, 0.15) is 5.75 Å². The molecule has 9 nitrogen and oxygen atoms in total. The van der Waals surface area contributed by atoms with Gasteiger partial charge in [-0.05, 0) is 55.7 Å². The van der Waals surface area contributed by atoms with Crippen molar-refractivity contribution in [2.45, 2.75) is 37.3 Å². The molecule has 2 amide bonds. The number of hydrogen-bond acceptors (Lipinski definition) is 6. The molecule has 2 N–H and O–H groups in total. The molecule has 31 heavy (non-hydrogen) atoms. The number of benzene rings is 1. The van der Waals surface area contributed by atoms with E-state index in [0.29, 0.717) is 24.5 Å². The molecular weight excluding hydrogens is 418 g/mol. The number of carbonyl (C=O) groups excluding carboxylic acids is 1. The van der Waals surface area contributed by atoms with Crippen LogP contribution >= 0.6 is 0 Å². The zero-order valence-electron chi connectivity index (χ0n) is 16.8. The largest absolute Gasteiger partial charge is 0.493 e. The molecule has 3 heterocycles. The third-order valence-corrected chi connectivity index (χ3v) is 6.56. The lowest BCUT2D eigenvalue weighted by molar-refractivity contribution is 0.256. The predicted molar refractivity (Wildman–Crippen MR) is 113 cm³/mol. The predicted octanol–water partition coefficient (Wildman–Crippen LogP) is 3.03. The molecule has 1 aliphatic heterocycles. The smallest absolute Gasteiger partial charge is 0.333 e. The van der Waals surface area contributed by atoms with Crippen LogP contribution in [0, 0.1) is 6.92 Å². The maximum atomic E-state index is 12.7. The summed E-state index contributed by atoms with van der Waals surface area (Å²) in [5.41, 5.74) is 3.82. The van der Waals surface area contributed by atoms with Gasteiger partial charge in [-0.3, -0.25) is 9.67 Å². The lowest BCUT2D eigenvalue weighted by Crippen LogP contribution is -2.35. The van der Waals surface area contributed by atoms with E-state index in [2.05, 4.69) is 20.1 Å². The number of pyridine rings is 1. The number of ether oxygens (including phenoxy) is 1. The third-order valence-electron chi connectivity index (χ3n) is 5.33. The fraction of sp³-hybridized carbons (Fsp3) is 0.286. The van der Waals surface area contributed by atoms with Gasteiger partial charge < -0.3 is 10.1 Å². The van der Waals surface area contributed by atoms with Crippen LogP contribution in [-0.4, -0.2) is 35.8 Å². The van der Waals surface area contributed by atoms with Gasteiger partial charge in [0.2, 0.25) is 0 Å². The Morgan fingerprint density at radius 1 is 1.23 bits per heavy atom. The standard InChI is InChI=1S/C21H21N5O4S/c1-13-12-14(6-9-22-13)16-4-5-18-17(8-11-30-18)20(16)23-21(27)25-31(28,29)19-7-10-26(24-19)15-2-3-15/h4-7,9-10,12,15H,2-3,8,11H2,1H3,(H2,23,25,27). The minimum absolute atomic E-state index is 0.179. The first kappa shape index (κ1) is 19.6. The van der Waals surface area contributed by atoms with E-state index in [1.165, 1.54) is 6.07 Å². The van der Waals surface area contributed by atoms with Crippen LogP contribution in [0.15, 0.2) is 47.8 Å². The summed E-state index contributed by atoms with van der Waals surface area (Å²) in [5.74, 6) is 0.677. The maximum Gasteiger partial charge on any atom is 0.333 e. The Balaban J connectivity index is 1.43. The Bertz CT molecular complexity index is 1280. The van der Waals surface area contributed by atoms with E-state index in [1.807, 2.05) is 31.2 Å². The number of sulfonamides is 1. The molecule has 3 aromatic rings. The highest BCUT2D eigenvalue weighted by Gasteiger charge is 2.28. The van der Waals surface area contributed by atoms with Gasteiger partial charge in [-0.15, -0.1) is 0 Å². The molecule has 0 saturated heterocycles. The number of anilines is 1. The molecule has 2 aromatic heterocycles. The zero-order chi connectivity index (χ0) is 21.6. The number of hydrogen-bond donors (Lipinski definition) is 2. The first-order chi connectivity index (χ1) is 14.9. The van der Waals surface area contributed by atoms with Crippen LogP contribution in [-0.2, 0) is 16.4 Å². The van der Waals surface area contributed by atoms with E-state index < -0.39 is 16.1 Å². The van der Waals surface area contributed by atoms with Crippen molar-refractivity contribution in [3.63, 3.8) is 0 Å². The van der Waals surface area contributed by atoms with Gasteiger partial charge in [-0.1, -0.05) is 0 Å². The fourth-order valence-electron chi connectivity index (χ4n) is 3.69. The van der Waals surface area contributed by atoms with Crippen molar-refractivity contribution in [3.05, 3.63) is 54.0 Å². The molecular formula is C21H21N5O4S. The molecule has 1 aliphatic carbocycles. The highest BCUT2D eigenvalue weighted by molar-refractivity contribution is 7.90. The topological polar surface area (TPSA) is 115 Å². The van der Waals surface area contributed by atoms with Crippen LogP contribution in [0.2, 0.25) is 0 Å². The molecule has 2 aliphatic rings. The summed E-state index contributed by atoms with van der Waals surface area (Å²) >= 11 is 0. The Morgan fingerprint density at radius 2 is 2.06 bits per heavy atom. The summed E-state index contributed by atoms with van der Waals surface area (Å²) in [6.07, 6.45) is 5.89. The van der Waals surface area contributed by atoms with E-state index >= 15 is 0 Å². The highest BCUT2D eigenvalue weighted by Crippen LogP contribution is 2.39. The summed E-state index contributed by atoms with van der Waals surface area (Å²) in [4.78, 5) is 16.9. The van der Waals surface area contributed by atoms with Crippen LogP contribution in [0.5, 0.6) is 5.75 Å². The average molecular weight is 439 g/mol. The molecule has 1 saturated carbocycles. The van der Waals surface area contributed by atoms with Crippen LogP contribution in [0.3, 0.4) is 0 Å². The minimum Gasteiger partial charge on any atom is -0.493 e. The van der Waals surface area contributed by atoms with Crippen LogP contribution < -0.4 is 14.8 Å². The van der Waals surface area contributed by atoms with Crippen molar-refractivity contribution in [1.29, 1.82) is 0 Å². The van der Waals surface area contributed by atoms with Gasteiger partial charge in [-0.2, -0.15) is 13.5 Å². The summed E-state index contributed by atoms with van der Waals surface area (Å²) in [6, 6.07) is 8.24. The summed E-state index contributed by atoms with van der Waals surface area (Å²) in [5, 5.41) is 6.65. The number of nitrogens with zero attached hydrogens (tertiary/aromatic N) is 3. The van der Waals surface area contributed by atoms with Crippen LogP contribution in [0.25, 0.3) is 11.1 Å². The molecule has 160 valence electrons. The lowest BCUT2D eigenvalue weighted by Gasteiger charge is -2.16. The average Bonchev–Trinajstić information content (AvgIpc) is 3.24. The SMILES string of the molecule is Cc1cc(-c2ccc3c(c2NC(=O)NS(=O)(=O)c2ccn(C4CC4)n2)CCO3)ccn1. The first-order valence-electron chi connectivity index (χ1n) is 10.0. The Morgan fingerprint density at radius 3 is 2.84 bits per heavy atom. The van der Waals surface area contributed by atoms with Gasteiger partial charge in [0.05, 0.1) is 18.3 Å². The monoisotopic (exact) mass is 439 g/mol. The number of aromatic nitrogens is 3. The molecule has 10 heteroatoms. The van der Waals surface area contributed by atoms with E-state index in [0.717, 1.165) is 35.2 Å². The van der Waals surface area contributed by atoms with Crippen LogP contribution in [0.4, 0.5) is 10.5 Å². The number of urea groups is 1. The van der Waals surface area contributed by atoms with Gasteiger partial charge >= 0.3 is 6.03 Å². The summed E-state index contributed by atoms with van der Waals surface area (Å²) in [7, 11) is -4.10. The lowest BCUT2D eigenvalue weighted by atomic mass is 9.99. The van der Waals surface area contributed by atoms with E-state index in [1.54, 1.807) is 17.1 Å². The van der Waals surface area contributed by atoms with E-state index in [9.17, 15) is 13.2 Å². The van der Waals surface area contributed by atoms with Crippen molar-refractivity contribution < 1.29 is 17.9 Å². The molecule has 0 unspecified atom stereocenters. The van der Waals surface area contributed by atoms with E-state index in [4.69, 9.17) is 4.74 Å². The Labute approximate surface area is 179 Å². The molecule has 1 aromatic carbocycles. The molecule has 0 radical (unpaired) electrons. The second kappa shape index (κ2) is 7.38. The fourth-order valence-corrected chi connectivity index (χ4v) is 4.53. The summed E-state index contributed by atoms with van der Waals surface area (Å²) in [6.45, 7) is 2.38. The number of amides is 2. The highest BCUT2D eigenvalue weighted by atomic mass is 32.2. The Kier molecular flexibility index (Phi) is 4.66. The Hall–Kier alpha value is -3.40. The summed E-state index contributed by atoms with van der Waals surface area (Å²) < 4.78 is 34.6. The maximum absolute atomic E-state index is 12.7. The van der Waals surface area contributed by atoms with Crippen molar-refractivity contribution in [2.24, 2.45) is 0 Å². The molecule has 0 spiro atoms. The molecule has 0 atom stereocenters. The van der Waals surface area contributed by atoms with Gasteiger partial charge in [0.15, 0.2) is 5.03 Å². The van der Waals surface area contributed by atoms with Gasteiger partial charge in [-0.25, -0.2) is 9.52 Å². The number of nitrogens with one attached hydrogen (secondary N) is 2. The molecule has 0 bridgehead atoms. The molecule has 5 rings (SSSR count). The van der Waals surface area contributed by atoms with Gasteiger partial charge in [0.25, 0.3) is 10.0 Å². The quantitative estimate of drug-likeness (QED) is 0.631. The van der Waals surface area contributed by atoms with Crippen molar-refractivity contribution in [3.8, 4) is 16.9 Å². The number of fused-ring (bicyclic) bond motifs is 1. The van der Waals surface area contributed by atoms with Crippen LogP contribution in [0.1, 0.15) is 30.1 Å². The minimum atomic E-state index is -4.10. The number of aryl methyl sites for hydroxylation is 1. The normalized spacial score (nSPS) is 15.3. The molecule has 1 fully saturated rings. The third kappa shape index (κ3) is 3.86.